The minimum absolute atomic E-state index is 0.0523. The fourth-order valence-corrected chi connectivity index (χ4v) is 3.63. The van der Waals surface area contributed by atoms with Crippen molar-refractivity contribution in [3.8, 4) is 11.3 Å². The molecule has 1 aliphatic rings. The highest BCUT2D eigenvalue weighted by Crippen LogP contribution is 2.26. The molecule has 1 aromatic heterocycles. The van der Waals surface area contributed by atoms with Gasteiger partial charge in [-0.05, 0) is 31.4 Å². The molecule has 0 spiro atoms. The second kappa shape index (κ2) is 8.21. The van der Waals surface area contributed by atoms with E-state index in [4.69, 9.17) is 0 Å². The number of hydrogen-bond acceptors (Lipinski definition) is 4. The molecular weight excluding hydrogens is 348 g/mol. The maximum absolute atomic E-state index is 12.8. The van der Waals surface area contributed by atoms with Crippen LogP contribution >= 0.6 is 0 Å². The molecule has 1 unspecified atom stereocenters. The quantitative estimate of drug-likeness (QED) is 0.741. The number of carbonyl (C=O) groups is 1. The van der Waals surface area contributed by atoms with Crippen LogP contribution in [0.15, 0.2) is 67.0 Å². The molecule has 2 heterocycles. The third-order valence-corrected chi connectivity index (χ3v) is 5.24. The standard InChI is InChI=1S/C23H24N4O/c1-17-8-5-6-12-20(17)26-23(28)19-11-7-13-27(15-19)22-14-21(24-16-25-22)18-9-3-2-4-10-18/h2-6,8-10,12,14,16,19H,7,11,13,15H2,1H3,(H,26,28). The number of amides is 1. The summed E-state index contributed by atoms with van der Waals surface area (Å²) < 4.78 is 0. The molecule has 142 valence electrons. The highest BCUT2D eigenvalue weighted by molar-refractivity contribution is 5.93. The van der Waals surface area contributed by atoms with Crippen LogP contribution in [0.5, 0.6) is 0 Å². The molecular formula is C23H24N4O. The predicted molar refractivity (Wildman–Crippen MR) is 112 cm³/mol. The molecule has 1 atom stereocenters. The number of aryl methyl sites for hydroxylation is 1. The fourth-order valence-electron chi connectivity index (χ4n) is 3.63. The van der Waals surface area contributed by atoms with Crippen LogP contribution in [0.25, 0.3) is 11.3 Å². The minimum Gasteiger partial charge on any atom is -0.356 e. The number of rotatable bonds is 4. The molecule has 1 N–H and O–H groups in total. The molecule has 4 rings (SSSR count). The Morgan fingerprint density at radius 2 is 1.86 bits per heavy atom. The largest absolute Gasteiger partial charge is 0.356 e. The van der Waals surface area contributed by atoms with Gasteiger partial charge >= 0.3 is 0 Å². The zero-order valence-electron chi connectivity index (χ0n) is 16.0. The molecule has 1 fully saturated rings. The molecule has 28 heavy (non-hydrogen) atoms. The average Bonchev–Trinajstić information content (AvgIpc) is 2.76. The van der Waals surface area contributed by atoms with Gasteiger partial charge in [0.05, 0.1) is 11.6 Å². The van der Waals surface area contributed by atoms with E-state index in [1.165, 1.54) is 0 Å². The van der Waals surface area contributed by atoms with Gasteiger partial charge in [0.2, 0.25) is 5.91 Å². The van der Waals surface area contributed by atoms with Crippen molar-refractivity contribution in [1.29, 1.82) is 0 Å². The molecule has 0 aliphatic carbocycles. The van der Waals surface area contributed by atoms with E-state index in [1.54, 1.807) is 6.33 Å². The number of carbonyl (C=O) groups excluding carboxylic acids is 1. The molecule has 0 radical (unpaired) electrons. The van der Waals surface area contributed by atoms with Crippen LogP contribution in [0.3, 0.4) is 0 Å². The number of benzene rings is 2. The summed E-state index contributed by atoms with van der Waals surface area (Å²) in [6, 6.07) is 20.0. The van der Waals surface area contributed by atoms with Crippen LogP contribution in [0.1, 0.15) is 18.4 Å². The van der Waals surface area contributed by atoms with Crippen LogP contribution < -0.4 is 10.2 Å². The zero-order valence-corrected chi connectivity index (χ0v) is 16.0. The Hall–Kier alpha value is -3.21. The Balaban J connectivity index is 1.48. The fraction of sp³-hybridized carbons (Fsp3) is 0.261. The Labute approximate surface area is 165 Å². The lowest BCUT2D eigenvalue weighted by molar-refractivity contribution is -0.120. The summed E-state index contributed by atoms with van der Waals surface area (Å²) in [7, 11) is 0. The van der Waals surface area contributed by atoms with Crippen molar-refractivity contribution in [3.63, 3.8) is 0 Å². The van der Waals surface area contributed by atoms with Crippen LogP contribution in [0.2, 0.25) is 0 Å². The summed E-state index contributed by atoms with van der Waals surface area (Å²) in [6.07, 6.45) is 3.47. The Morgan fingerprint density at radius 3 is 2.68 bits per heavy atom. The van der Waals surface area contributed by atoms with Crippen molar-refractivity contribution < 1.29 is 4.79 Å². The molecule has 5 heteroatoms. The Bertz CT molecular complexity index is 958. The van der Waals surface area contributed by atoms with Gasteiger partial charge in [-0.1, -0.05) is 48.5 Å². The summed E-state index contributed by atoms with van der Waals surface area (Å²) >= 11 is 0. The molecule has 0 bridgehead atoms. The van der Waals surface area contributed by atoms with Crippen LogP contribution in [0.4, 0.5) is 11.5 Å². The van der Waals surface area contributed by atoms with Crippen molar-refractivity contribution >= 4 is 17.4 Å². The van der Waals surface area contributed by atoms with Gasteiger partial charge in [0.25, 0.3) is 0 Å². The van der Waals surface area contributed by atoms with Crippen molar-refractivity contribution in [1.82, 2.24) is 9.97 Å². The summed E-state index contributed by atoms with van der Waals surface area (Å²) in [6.45, 7) is 3.58. The van der Waals surface area contributed by atoms with Gasteiger partial charge < -0.3 is 10.2 Å². The summed E-state index contributed by atoms with van der Waals surface area (Å²) in [5, 5.41) is 3.09. The van der Waals surface area contributed by atoms with Crippen LogP contribution in [-0.2, 0) is 4.79 Å². The van der Waals surface area contributed by atoms with Crippen molar-refractivity contribution in [2.45, 2.75) is 19.8 Å². The topological polar surface area (TPSA) is 58.1 Å². The lowest BCUT2D eigenvalue weighted by Crippen LogP contribution is -2.41. The first kappa shape index (κ1) is 18.2. The normalized spacial score (nSPS) is 16.6. The molecule has 1 saturated heterocycles. The second-order valence-corrected chi connectivity index (χ2v) is 7.22. The Kier molecular flexibility index (Phi) is 5.33. The lowest BCUT2D eigenvalue weighted by atomic mass is 9.96. The molecule has 5 nitrogen and oxygen atoms in total. The third kappa shape index (κ3) is 4.03. The third-order valence-electron chi connectivity index (χ3n) is 5.24. The molecule has 0 saturated carbocycles. The van der Waals surface area contributed by atoms with E-state index in [0.717, 1.165) is 47.7 Å². The summed E-state index contributed by atoms with van der Waals surface area (Å²) in [4.78, 5) is 23.9. The number of nitrogens with zero attached hydrogens (tertiary/aromatic N) is 3. The Morgan fingerprint density at radius 1 is 1.07 bits per heavy atom. The molecule has 2 aromatic carbocycles. The molecule has 1 amide bonds. The van der Waals surface area contributed by atoms with Gasteiger partial charge in [-0.15, -0.1) is 0 Å². The van der Waals surface area contributed by atoms with E-state index < -0.39 is 0 Å². The smallest absolute Gasteiger partial charge is 0.229 e. The van der Waals surface area contributed by atoms with E-state index in [0.29, 0.717) is 6.54 Å². The number of anilines is 2. The molecule has 1 aliphatic heterocycles. The van der Waals surface area contributed by atoms with Gasteiger partial charge in [0.15, 0.2) is 0 Å². The highest BCUT2D eigenvalue weighted by atomic mass is 16.1. The van der Waals surface area contributed by atoms with E-state index >= 15 is 0 Å². The number of piperidine rings is 1. The first-order chi connectivity index (χ1) is 13.7. The van der Waals surface area contributed by atoms with Gasteiger partial charge in [-0.3, -0.25) is 4.79 Å². The van der Waals surface area contributed by atoms with Gasteiger partial charge in [-0.2, -0.15) is 0 Å². The van der Waals surface area contributed by atoms with Crippen molar-refractivity contribution in [2.75, 3.05) is 23.3 Å². The van der Waals surface area contributed by atoms with E-state index in [9.17, 15) is 4.79 Å². The SMILES string of the molecule is Cc1ccccc1NC(=O)C1CCCN(c2cc(-c3ccccc3)ncn2)C1. The number of para-hydroxylation sites is 1. The maximum atomic E-state index is 12.8. The van der Waals surface area contributed by atoms with Crippen LogP contribution in [0, 0.1) is 12.8 Å². The lowest BCUT2D eigenvalue weighted by Gasteiger charge is -2.33. The van der Waals surface area contributed by atoms with Gasteiger partial charge in [0, 0.05) is 30.4 Å². The van der Waals surface area contributed by atoms with Gasteiger partial charge in [-0.25, -0.2) is 9.97 Å². The number of hydrogen-bond donors (Lipinski definition) is 1. The summed E-state index contributed by atoms with van der Waals surface area (Å²) in [5.41, 5.74) is 3.93. The zero-order chi connectivity index (χ0) is 19.3. The van der Waals surface area contributed by atoms with E-state index in [2.05, 4.69) is 20.2 Å². The number of nitrogens with one attached hydrogen (secondary N) is 1. The second-order valence-electron chi connectivity index (χ2n) is 7.22. The first-order valence-corrected chi connectivity index (χ1v) is 9.69. The minimum atomic E-state index is -0.0523. The van der Waals surface area contributed by atoms with Crippen molar-refractivity contribution in [2.24, 2.45) is 5.92 Å². The van der Waals surface area contributed by atoms with Gasteiger partial charge in [0.1, 0.15) is 12.1 Å². The highest BCUT2D eigenvalue weighted by Gasteiger charge is 2.27. The average molecular weight is 372 g/mol. The summed E-state index contributed by atoms with van der Waals surface area (Å²) in [5.74, 6) is 0.905. The van der Waals surface area contributed by atoms with Crippen molar-refractivity contribution in [3.05, 3.63) is 72.6 Å². The number of aromatic nitrogens is 2. The monoisotopic (exact) mass is 372 g/mol. The molecule has 3 aromatic rings. The maximum Gasteiger partial charge on any atom is 0.229 e. The van der Waals surface area contributed by atoms with E-state index in [-0.39, 0.29) is 11.8 Å². The van der Waals surface area contributed by atoms with E-state index in [1.807, 2.05) is 67.6 Å². The van der Waals surface area contributed by atoms with Crippen LogP contribution in [-0.4, -0.2) is 29.0 Å². The first-order valence-electron chi connectivity index (χ1n) is 9.69. The predicted octanol–water partition coefficient (Wildman–Crippen LogP) is 4.31.